The summed E-state index contributed by atoms with van der Waals surface area (Å²) in [4.78, 5) is 28.2. The lowest BCUT2D eigenvalue weighted by atomic mass is 9.92. The summed E-state index contributed by atoms with van der Waals surface area (Å²) in [5.74, 6) is 0.903. The molecule has 7 nitrogen and oxygen atoms in total. The summed E-state index contributed by atoms with van der Waals surface area (Å²) >= 11 is 0. The minimum absolute atomic E-state index is 0.0376. The van der Waals surface area contributed by atoms with Gasteiger partial charge in [0.15, 0.2) is 0 Å². The van der Waals surface area contributed by atoms with Crippen LogP contribution in [-0.2, 0) is 16.6 Å². The number of hydrogen-bond donors (Lipinski definition) is 1. The monoisotopic (exact) mass is 532 g/mol. The van der Waals surface area contributed by atoms with Crippen molar-refractivity contribution in [3.8, 4) is 11.4 Å². The lowest BCUT2D eigenvalue weighted by Gasteiger charge is -2.22. The quantitative estimate of drug-likeness (QED) is 0.246. The molecule has 0 bridgehead atoms. The lowest BCUT2D eigenvalue weighted by molar-refractivity contribution is -0.116. The van der Waals surface area contributed by atoms with E-state index in [1.165, 1.54) is 24.8 Å². The highest BCUT2D eigenvalue weighted by Gasteiger charge is 2.23. The van der Waals surface area contributed by atoms with E-state index in [1.807, 2.05) is 61.5 Å². The molecular formula is C32H44N4O3. The third kappa shape index (κ3) is 8.44. The van der Waals surface area contributed by atoms with Crippen molar-refractivity contribution in [3.05, 3.63) is 71.4 Å². The number of hydrogen-bond acceptors (Lipinski definition) is 4. The predicted octanol–water partition coefficient (Wildman–Crippen LogP) is 6.79. The zero-order chi connectivity index (χ0) is 28.4. The number of carbonyl (C=O) groups excluding carboxylic acids is 2. The third-order valence-electron chi connectivity index (χ3n) is 6.70. The maximum atomic E-state index is 13.3. The zero-order valence-corrected chi connectivity index (χ0v) is 24.4. The Bertz CT molecular complexity index is 1210. The summed E-state index contributed by atoms with van der Waals surface area (Å²) in [5.41, 5.74) is 3.29. The average molecular weight is 533 g/mol. The highest BCUT2D eigenvalue weighted by Crippen LogP contribution is 2.27. The van der Waals surface area contributed by atoms with E-state index in [9.17, 15) is 9.59 Å². The van der Waals surface area contributed by atoms with Crippen molar-refractivity contribution >= 4 is 17.6 Å². The van der Waals surface area contributed by atoms with Gasteiger partial charge in [-0.25, -0.2) is 4.68 Å². The van der Waals surface area contributed by atoms with Crippen LogP contribution in [0.2, 0.25) is 0 Å². The maximum Gasteiger partial charge on any atom is 0.254 e. The fraction of sp³-hybridized carbons (Fsp3) is 0.469. The number of aryl methyl sites for hydroxylation is 1. The Balaban J connectivity index is 1.74. The van der Waals surface area contributed by atoms with Crippen molar-refractivity contribution in [1.29, 1.82) is 0 Å². The van der Waals surface area contributed by atoms with Crippen LogP contribution in [0.5, 0.6) is 5.75 Å². The highest BCUT2D eigenvalue weighted by molar-refractivity contribution is 5.99. The molecule has 2 amide bonds. The molecule has 1 aromatic heterocycles. The van der Waals surface area contributed by atoms with Crippen LogP contribution in [0.25, 0.3) is 5.69 Å². The number of methoxy groups -OCH3 is 1. The number of rotatable bonds is 13. The summed E-state index contributed by atoms with van der Waals surface area (Å²) in [6.45, 7) is 10.9. The zero-order valence-electron chi connectivity index (χ0n) is 24.4. The predicted molar refractivity (Wildman–Crippen MR) is 158 cm³/mol. The molecular weight excluding hydrogens is 488 g/mol. The van der Waals surface area contributed by atoms with E-state index in [4.69, 9.17) is 9.84 Å². The number of ether oxygens (including phenoxy) is 1. The van der Waals surface area contributed by atoms with E-state index in [-0.39, 0.29) is 23.8 Å². The Hall–Kier alpha value is -3.61. The Morgan fingerprint density at radius 1 is 0.949 bits per heavy atom. The van der Waals surface area contributed by atoms with Crippen molar-refractivity contribution in [1.82, 2.24) is 14.7 Å². The van der Waals surface area contributed by atoms with E-state index >= 15 is 0 Å². The topological polar surface area (TPSA) is 76.5 Å². The summed E-state index contributed by atoms with van der Waals surface area (Å²) < 4.78 is 7.01. The second kappa shape index (κ2) is 14.0. The standard InChI is InChI=1S/C32H44N4O3/c1-7-9-10-11-12-24-13-15-25(16-14-24)31(38)35(21-8-2)23-30(37)33-29-22-28(32(3,4)5)34-36(29)26-17-19-27(39-6)20-18-26/h13-20,22H,7-12,21,23H2,1-6H3,(H,33,37). The molecule has 0 saturated heterocycles. The molecule has 3 aromatic rings. The van der Waals surface area contributed by atoms with Crippen molar-refractivity contribution in [3.63, 3.8) is 0 Å². The van der Waals surface area contributed by atoms with Crippen LogP contribution in [0.3, 0.4) is 0 Å². The molecule has 210 valence electrons. The van der Waals surface area contributed by atoms with Gasteiger partial charge in [-0.3, -0.25) is 9.59 Å². The molecule has 0 aliphatic carbocycles. The smallest absolute Gasteiger partial charge is 0.254 e. The summed E-state index contributed by atoms with van der Waals surface area (Å²) in [5, 5.41) is 7.78. The molecule has 0 radical (unpaired) electrons. The Morgan fingerprint density at radius 2 is 1.64 bits per heavy atom. The minimum atomic E-state index is -0.264. The molecule has 2 aromatic carbocycles. The van der Waals surface area contributed by atoms with Gasteiger partial charge >= 0.3 is 0 Å². The van der Waals surface area contributed by atoms with E-state index in [0.29, 0.717) is 17.9 Å². The number of benzene rings is 2. The van der Waals surface area contributed by atoms with Gasteiger partial charge in [-0.15, -0.1) is 0 Å². The van der Waals surface area contributed by atoms with Gasteiger partial charge in [0.05, 0.1) is 18.5 Å². The normalized spacial score (nSPS) is 11.3. The van der Waals surface area contributed by atoms with Gasteiger partial charge in [0.1, 0.15) is 18.1 Å². The van der Waals surface area contributed by atoms with Crippen molar-refractivity contribution < 1.29 is 14.3 Å². The van der Waals surface area contributed by atoms with E-state index < -0.39 is 0 Å². The average Bonchev–Trinajstić information content (AvgIpc) is 3.35. The molecule has 0 aliphatic rings. The summed E-state index contributed by atoms with van der Waals surface area (Å²) in [7, 11) is 1.62. The number of carbonyl (C=O) groups is 2. The van der Waals surface area contributed by atoms with E-state index in [1.54, 1.807) is 16.7 Å². The molecule has 1 heterocycles. The molecule has 7 heteroatoms. The first-order valence-electron chi connectivity index (χ1n) is 14.1. The van der Waals surface area contributed by atoms with Gasteiger partial charge in [-0.2, -0.15) is 5.10 Å². The number of unbranched alkanes of at least 4 members (excludes halogenated alkanes) is 3. The third-order valence-corrected chi connectivity index (χ3v) is 6.70. The van der Waals surface area contributed by atoms with Crippen LogP contribution < -0.4 is 10.1 Å². The number of aromatic nitrogens is 2. The minimum Gasteiger partial charge on any atom is -0.497 e. The summed E-state index contributed by atoms with van der Waals surface area (Å²) in [6, 6.07) is 17.2. The number of nitrogens with zero attached hydrogens (tertiary/aromatic N) is 3. The van der Waals surface area contributed by atoms with Crippen molar-refractivity contribution in [2.45, 2.75) is 78.6 Å². The highest BCUT2D eigenvalue weighted by atomic mass is 16.5. The van der Waals surface area contributed by atoms with E-state index in [2.05, 4.69) is 33.0 Å². The first kappa shape index (κ1) is 29.9. The summed E-state index contributed by atoms with van der Waals surface area (Å²) in [6.07, 6.45) is 6.64. The Morgan fingerprint density at radius 3 is 2.23 bits per heavy atom. The fourth-order valence-corrected chi connectivity index (χ4v) is 4.39. The van der Waals surface area contributed by atoms with Crippen molar-refractivity contribution in [2.75, 3.05) is 25.5 Å². The first-order valence-corrected chi connectivity index (χ1v) is 14.1. The second-order valence-corrected chi connectivity index (χ2v) is 11.1. The van der Waals surface area contributed by atoms with Gasteiger partial charge in [0, 0.05) is 23.6 Å². The molecule has 1 N–H and O–H groups in total. The van der Waals surface area contributed by atoms with Crippen LogP contribution in [-0.4, -0.2) is 46.7 Å². The number of anilines is 1. The lowest BCUT2D eigenvalue weighted by Crippen LogP contribution is -2.38. The van der Waals surface area contributed by atoms with Gasteiger partial charge in [0.2, 0.25) is 5.91 Å². The van der Waals surface area contributed by atoms with Crippen molar-refractivity contribution in [2.24, 2.45) is 0 Å². The van der Waals surface area contributed by atoms with Gasteiger partial charge in [-0.05, 0) is 61.2 Å². The van der Waals surface area contributed by atoms with Gasteiger partial charge in [-0.1, -0.05) is 66.0 Å². The van der Waals surface area contributed by atoms with Crippen LogP contribution in [0.15, 0.2) is 54.6 Å². The number of nitrogens with one attached hydrogen (secondary N) is 1. The maximum absolute atomic E-state index is 13.3. The van der Waals surface area contributed by atoms with Crippen LogP contribution in [0.1, 0.15) is 88.3 Å². The fourth-order valence-electron chi connectivity index (χ4n) is 4.39. The van der Waals surface area contributed by atoms with E-state index in [0.717, 1.165) is 36.4 Å². The molecule has 0 saturated carbocycles. The Kier molecular flexibility index (Phi) is 10.7. The molecule has 0 aliphatic heterocycles. The van der Waals surface area contributed by atoms with Gasteiger partial charge in [0.25, 0.3) is 5.91 Å². The number of amides is 2. The molecule has 0 fully saturated rings. The SMILES string of the molecule is CCCCCCc1ccc(C(=O)N(CCC)CC(=O)Nc2cc(C(C)(C)C)nn2-c2ccc(OC)cc2)cc1. The molecule has 3 rings (SSSR count). The van der Waals surface area contributed by atoms with Crippen LogP contribution in [0, 0.1) is 0 Å². The Labute approximate surface area is 233 Å². The first-order chi connectivity index (χ1) is 18.7. The molecule has 0 unspecified atom stereocenters. The van der Waals surface area contributed by atoms with Crippen LogP contribution >= 0.6 is 0 Å². The molecule has 39 heavy (non-hydrogen) atoms. The van der Waals surface area contributed by atoms with Gasteiger partial charge < -0.3 is 15.0 Å². The molecule has 0 atom stereocenters. The second-order valence-electron chi connectivity index (χ2n) is 11.1. The molecule has 0 spiro atoms. The van der Waals surface area contributed by atoms with Crippen LogP contribution in [0.4, 0.5) is 5.82 Å². The largest absolute Gasteiger partial charge is 0.497 e.